The van der Waals surface area contributed by atoms with Crippen LogP contribution in [0.25, 0.3) is 16.7 Å². The number of aryl methyl sites for hydroxylation is 4. The quantitative estimate of drug-likeness (QED) is 0.694. The van der Waals surface area contributed by atoms with Crippen LogP contribution >= 0.6 is 11.6 Å². The van der Waals surface area contributed by atoms with Gasteiger partial charge >= 0.3 is 0 Å². The Balaban J connectivity index is 2.31. The van der Waals surface area contributed by atoms with Crippen molar-refractivity contribution in [3.63, 3.8) is 0 Å². The van der Waals surface area contributed by atoms with Crippen LogP contribution in [0.15, 0.2) is 24.4 Å². The highest BCUT2D eigenvalue weighted by Crippen LogP contribution is 2.24. The zero-order valence-electron chi connectivity index (χ0n) is 11.9. The smallest absolute Gasteiger partial charge is 0.115 e. The molecule has 0 amide bonds. The second kappa shape index (κ2) is 4.94. The van der Waals surface area contributed by atoms with Crippen molar-refractivity contribution in [2.75, 3.05) is 5.88 Å². The number of aromatic nitrogens is 4. The number of fused-ring (bicyclic) bond motifs is 1. The van der Waals surface area contributed by atoms with E-state index in [4.69, 9.17) is 16.6 Å². The zero-order chi connectivity index (χ0) is 14.3. The Kier molecular flexibility index (Phi) is 3.26. The van der Waals surface area contributed by atoms with Gasteiger partial charge in [-0.25, -0.2) is 4.98 Å². The number of benzene rings is 1. The van der Waals surface area contributed by atoms with E-state index in [0.29, 0.717) is 5.88 Å². The second-order valence-electron chi connectivity index (χ2n) is 5.07. The first kappa shape index (κ1) is 13.2. The lowest BCUT2D eigenvalue weighted by Crippen LogP contribution is -2.02. The van der Waals surface area contributed by atoms with Gasteiger partial charge in [0.2, 0.25) is 0 Å². The molecular weight excluding hydrogens is 272 g/mol. The summed E-state index contributed by atoms with van der Waals surface area (Å²) in [6.45, 7) is 4.09. The van der Waals surface area contributed by atoms with Gasteiger partial charge in [0.1, 0.15) is 5.82 Å². The molecule has 0 aliphatic heterocycles. The van der Waals surface area contributed by atoms with Crippen molar-refractivity contribution in [3.8, 4) is 5.69 Å². The van der Waals surface area contributed by atoms with Crippen LogP contribution in [-0.2, 0) is 13.5 Å². The predicted octanol–water partition coefficient (Wildman–Crippen LogP) is 3.16. The molecule has 104 valence electrons. The number of nitrogens with zero attached hydrogens (tertiary/aromatic N) is 4. The molecule has 0 fully saturated rings. The molecule has 2 heterocycles. The van der Waals surface area contributed by atoms with Gasteiger partial charge in [-0.2, -0.15) is 5.10 Å². The fourth-order valence-electron chi connectivity index (χ4n) is 2.57. The van der Waals surface area contributed by atoms with E-state index in [2.05, 4.69) is 34.8 Å². The van der Waals surface area contributed by atoms with Gasteiger partial charge in [0, 0.05) is 25.5 Å². The van der Waals surface area contributed by atoms with Crippen molar-refractivity contribution < 1.29 is 0 Å². The zero-order valence-corrected chi connectivity index (χ0v) is 12.6. The molecule has 3 rings (SSSR count). The summed E-state index contributed by atoms with van der Waals surface area (Å²) >= 11 is 5.93. The first-order valence-electron chi connectivity index (χ1n) is 6.64. The Morgan fingerprint density at radius 3 is 2.70 bits per heavy atom. The fourth-order valence-corrected chi connectivity index (χ4v) is 2.74. The summed E-state index contributed by atoms with van der Waals surface area (Å²) in [5.74, 6) is 1.54. The predicted molar refractivity (Wildman–Crippen MR) is 81.7 cm³/mol. The van der Waals surface area contributed by atoms with Gasteiger partial charge in [-0.15, -0.1) is 11.6 Å². The summed E-state index contributed by atoms with van der Waals surface area (Å²) in [5, 5.41) is 4.43. The van der Waals surface area contributed by atoms with Crippen molar-refractivity contribution in [2.24, 2.45) is 7.05 Å². The van der Waals surface area contributed by atoms with Gasteiger partial charge < -0.3 is 0 Å². The van der Waals surface area contributed by atoms with Crippen LogP contribution in [0.1, 0.15) is 17.1 Å². The lowest BCUT2D eigenvalue weighted by atomic mass is 10.2. The summed E-state index contributed by atoms with van der Waals surface area (Å²) < 4.78 is 3.99. The van der Waals surface area contributed by atoms with Gasteiger partial charge in [-0.1, -0.05) is 6.07 Å². The molecule has 0 aliphatic rings. The van der Waals surface area contributed by atoms with E-state index in [1.165, 1.54) is 5.56 Å². The molecule has 5 heteroatoms. The van der Waals surface area contributed by atoms with Crippen LogP contribution in [0.3, 0.4) is 0 Å². The minimum atomic E-state index is 0.557. The fraction of sp³-hybridized carbons (Fsp3) is 0.333. The molecule has 0 aliphatic carbocycles. The van der Waals surface area contributed by atoms with Crippen molar-refractivity contribution in [1.29, 1.82) is 0 Å². The monoisotopic (exact) mass is 288 g/mol. The first-order chi connectivity index (χ1) is 9.60. The van der Waals surface area contributed by atoms with E-state index >= 15 is 0 Å². The molecule has 0 atom stereocenters. The Morgan fingerprint density at radius 1 is 1.25 bits per heavy atom. The van der Waals surface area contributed by atoms with Crippen molar-refractivity contribution >= 4 is 22.6 Å². The standard InChI is InChI=1S/C15H17ClN4/c1-10-4-5-13-12(8-10)17-15(6-7-16)20(13)14-9-19(3)18-11(14)2/h4-5,8-9H,6-7H2,1-3H3. The molecule has 2 aromatic heterocycles. The minimum Gasteiger partial charge on any atom is -0.293 e. The van der Waals surface area contributed by atoms with Crippen LogP contribution in [0.5, 0.6) is 0 Å². The summed E-state index contributed by atoms with van der Waals surface area (Å²) in [6.07, 6.45) is 2.76. The van der Waals surface area contributed by atoms with Gasteiger partial charge in [0.15, 0.2) is 0 Å². The van der Waals surface area contributed by atoms with Gasteiger partial charge in [0.25, 0.3) is 0 Å². The van der Waals surface area contributed by atoms with Crippen LogP contribution in [0, 0.1) is 13.8 Å². The minimum absolute atomic E-state index is 0.557. The van der Waals surface area contributed by atoms with Gasteiger partial charge in [-0.3, -0.25) is 9.25 Å². The first-order valence-corrected chi connectivity index (χ1v) is 7.18. The lowest BCUT2D eigenvalue weighted by Gasteiger charge is -2.06. The topological polar surface area (TPSA) is 35.6 Å². The Hall–Kier alpha value is -1.81. The lowest BCUT2D eigenvalue weighted by molar-refractivity contribution is 0.756. The van der Waals surface area contributed by atoms with Crippen LogP contribution < -0.4 is 0 Å². The molecule has 0 radical (unpaired) electrons. The molecule has 3 aromatic rings. The molecule has 0 saturated carbocycles. The van der Waals surface area contributed by atoms with E-state index in [1.54, 1.807) is 0 Å². The third-order valence-corrected chi connectivity index (χ3v) is 3.61. The highest BCUT2D eigenvalue weighted by molar-refractivity contribution is 6.17. The van der Waals surface area contributed by atoms with E-state index in [1.807, 2.05) is 24.9 Å². The van der Waals surface area contributed by atoms with Crippen molar-refractivity contribution in [1.82, 2.24) is 19.3 Å². The largest absolute Gasteiger partial charge is 0.293 e. The highest BCUT2D eigenvalue weighted by Gasteiger charge is 2.15. The van der Waals surface area contributed by atoms with Gasteiger partial charge in [0.05, 0.1) is 22.4 Å². The summed E-state index contributed by atoms with van der Waals surface area (Å²) in [6, 6.07) is 6.33. The average molecular weight is 289 g/mol. The van der Waals surface area contributed by atoms with Gasteiger partial charge in [-0.05, 0) is 31.5 Å². The molecule has 1 aromatic carbocycles. The number of rotatable bonds is 3. The normalized spacial score (nSPS) is 11.4. The highest BCUT2D eigenvalue weighted by atomic mass is 35.5. The summed E-state index contributed by atoms with van der Waals surface area (Å²) in [5.41, 5.74) is 5.38. The molecule has 0 unspecified atom stereocenters. The number of hydrogen-bond acceptors (Lipinski definition) is 2. The van der Waals surface area contributed by atoms with Crippen LogP contribution in [0.4, 0.5) is 0 Å². The number of alkyl halides is 1. The summed E-state index contributed by atoms with van der Waals surface area (Å²) in [7, 11) is 1.93. The van der Waals surface area contributed by atoms with E-state index < -0.39 is 0 Å². The molecule has 0 saturated heterocycles. The number of hydrogen-bond donors (Lipinski definition) is 0. The van der Waals surface area contributed by atoms with E-state index in [9.17, 15) is 0 Å². The third kappa shape index (κ3) is 2.10. The Labute approximate surface area is 123 Å². The van der Waals surface area contributed by atoms with Crippen molar-refractivity contribution in [3.05, 3.63) is 41.5 Å². The second-order valence-corrected chi connectivity index (χ2v) is 5.45. The maximum absolute atomic E-state index is 5.93. The average Bonchev–Trinajstić information content (AvgIpc) is 2.89. The van der Waals surface area contributed by atoms with E-state index in [-0.39, 0.29) is 0 Å². The molecule has 20 heavy (non-hydrogen) atoms. The maximum atomic E-state index is 5.93. The molecule has 0 spiro atoms. The maximum Gasteiger partial charge on any atom is 0.115 e. The molecular formula is C15H17ClN4. The van der Waals surface area contributed by atoms with E-state index in [0.717, 1.165) is 34.7 Å². The third-order valence-electron chi connectivity index (χ3n) is 3.43. The molecule has 4 nitrogen and oxygen atoms in total. The number of halogens is 1. The number of imidazole rings is 1. The molecule has 0 bridgehead atoms. The molecule has 0 N–H and O–H groups in total. The van der Waals surface area contributed by atoms with Crippen LogP contribution in [0.2, 0.25) is 0 Å². The Morgan fingerprint density at radius 2 is 2.05 bits per heavy atom. The van der Waals surface area contributed by atoms with Crippen LogP contribution in [-0.4, -0.2) is 25.2 Å². The Bertz CT molecular complexity index is 770. The van der Waals surface area contributed by atoms with Crippen molar-refractivity contribution in [2.45, 2.75) is 20.3 Å². The summed E-state index contributed by atoms with van der Waals surface area (Å²) in [4.78, 5) is 4.73. The SMILES string of the molecule is Cc1ccc2c(c1)nc(CCCl)n2-c1cn(C)nc1C.